The Morgan fingerprint density at radius 1 is 1.00 bits per heavy atom. The van der Waals surface area contributed by atoms with Crippen LogP contribution in [0.2, 0.25) is 5.02 Å². The van der Waals surface area contributed by atoms with Crippen LogP contribution in [0.1, 0.15) is 45.3 Å². The highest BCUT2D eigenvalue weighted by Crippen LogP contribution is 2.27. The summed E-state index contributed by atoms with van der Waals surface area (Å²) in [5.41, 5.74) is 4.35. The Morgan fingerprint density at radius 2 is 1.78 bits per heavy atom. The monoisotopic (exact) mass is 535 g/mol. The number of rotatable bonds is 9. The molecule has 3 aromatic carbocycles. The number of aryl methyl sites for hydroxylation is 1. The van der Waals surface area contributed by atoms with E-state index in [4.69, 9.17) is 20.5 Å². The summed E-state index contributed by atoms with van der Waals surface area (Å²) in [5, 5.41) is 1.62. The van der Waals surface area contributed by atoms with Crippen molar-refractivity contribution in [2.45, 2.75) is 18.9 Å². The van der Waals surface area contributed by atoms with Gasteiger partial charge in [-0.3, -0.25) is 4.18 Å². The Bertz CT molecular complexity index is 1570. The Morgan fingerprint density at radius 3 is 2.57 bits per heavy atom. The Labute approximate surface area is 221 Å². The van der Waals surface area contributed by atoms with Crippen molar-refractivity contribution in [1.29, 1.82) is 0 Å². The standard InChI is InChI=1S/C29H26ClNO5S/c1-35-29(32)26-9-4-3-7-21(26)13-17-28(36-37(2,33)34)23-8-5-6-20(18-23)10-15-25-16-12-22-11-14-24(30)19-27(22)31-25/h3-12,14-16,18-19,28H,13,17H2,1-2H3/b15-10+. The van der Waals surface area contributed by atoms with E-state index in [0.717, 1.165) is 34.0 Å². The summed E-state index contributed by atoms with van der Waals surface area (Å²) < 4.78 is 34.4. The van der Waals surface area contributed by atoms with Crippen LogP contribution in [0.15, 0.2) is 78.9 Å². The van der Waals surface area contributed by atoms with Crippen LogP contribution in [0.25, 0.3) is 23.1 Å². The van der Waals surface area contributed by atoms with E-state index in [0.29, 0.717) is 29.0 Å². The first kappa shape index (κ1) is 26.5. The molecule has 0 bridgehead atoms. The fourth-order valence-corrected chi connectivity index (χ4v) is 4.85. The van der Waals surface area contributed by atoms with Crippen molar-refractivity contribution in [3.8, 4) is 0 Å². The molecule has 0 N–H and O–H groups in total. The molecule has 6 nitrogen and oxygen atoms in total. The van der Waals surface area contributed by atoms with Crippen LogP contribution in [0.5, 0.6) is 0 Å². The van der Waals surface area contributed by atoms with Gasteiger partial charge in [0.05, 0.1) is 30.1 Å². The summed E-state index contributed by atoms with van der Waals surface area (Å²) in [4.78, 5) is 16.8. The molecule has 0 aliphatic carbocycles. The molecule has 1 unspecified atom stereocenters. The predicted molar refractivity (Wildman–Crippen MR) is 147 cm³/mol. The highest BCUT2D eigenvalue weighted by Gasteiger charge is 2.20. The molecule has 0 spiro atoms. The van der Waals surface area contributed by atoms with E-state index in [2.05, 4.69) is 4.98 Å². The highest BCUT2D eigenvalue weighted by atomic mass is 35.5. The molecule has 1 aromatic heterocycles. The van der Waals surface area contributed by atoms with Gasteiger partial charge in [-0.15, -0.1) is 0 Å². The van der Waals surface area contributed by atoms with E-state index in [1.807, 2.05) is 78.9 Å². The van der Waals surface area contributed by atoms with E-state index >= 15 is 0 Å². The number of ether oxygens (including phenoxy) is 1. The number of aromatic nitrogens is 1. The molecule has 4 rings (SSSR count). The van der Waals surface area contributed by atoms with Crippen molar-refractivity contribution >= 4 is 50.7 Å². The van der Waals surface area contributed by atoms with Gasteiger partial charge in [0, 0.05) is 10.4 Å². The van der Waals surface area contributed by atoms with E-state index in [9.17, 15) is 13.2 Å². The zero-order chi connectivity index (χ0) is 26.4. The Hall–Kier alpha value is -3.52. The molecule has 0 amide bonds. The van der Waals surface area contributed by atoms with Crippen molar-refractivity contribution in [3.05, 3.63) is 112 Å². The minimum atomic E-state index is -3.73. The van der Waals surface area contributed by atoms with Crippen LogP contribution in [-0.4, -0.2) is 32.7 Å². The topological polar surface area (TPSA) is 82.6 Å². The Balaban J connectivity index is 1.57. The molecule has 37 heavy (non-hydrogen) atoms. The van der Waals surface area contributed by atoms with Gasteiger partial charge in [0.2, 0.25) is 0 Å². The minimum Gasteiger partial charge on any atom is -0.465 e. The lowest BCUT2D eigenvalue weighted by atomic mass is 9.97. The number of esters is 1. The van der Waals surface area contributed by atoms with Gasteiger partial charge in [-0.2, -0.15) is 8.42 Å². The molecule has 0 aliphatic rings. The predicted octanol–water partition coefficient (Wildman–Crippen LogP) is 6.50. The van der Waals surface area contributed by atoms with Gasteiger partial charge in [0.25, 0.3) is 10.1 Å². The molecule has 0 radical (unpaired) electrons. The number of carbonyl (C=O) groups excluding carboxylic acids is 1. The lowest BCUT2D eigenvalue weighted by molar-refractivity contribution is 0.0599. The first-order valence-electron chi connectivity index (χ1n) is 11.6. The molecule has 4 aromatic rings. The van der Waals surface area contributed by atoms with Gasteiger partial charge >= 0.3 is 5.97 Å². The van der Waals surface area contributed by atoms with E-state index < -0.39 is 22.2 Å². The maximum absolute atomic E-state index is 12.1. The van der Waals surface area contributed by atoms with E-state index in [1.54, 1.807) is 12.1 Å². The second-order valence-corrected chi connectivity index (χ2v) is 10.6. The summed E-state index contributed by atoms with van der Waals surface area (Å²) in [5.74, 6) is -0.437. The molecule has 1 heterocycles. The van der Waals surface area contributed by atoms with E-state index in [-0.39, 0.29) is 0 Å². The zero-order valence-electron chi connectivity index (χ0n) is 20.4. The molecule has 1 atom stereocenters. The third-order valence-corrected chi connectivity index (χ3v) is 6.61. The van der Waals surface area contributed by atoms with Gasteiger partial charge in [-0.25, -0.2) is 9.78 Å². The van der Waals surface area contributed by atoms with Gasteiger partial charge in [-0.05, 0) is 65.9 Å². The number of methoxy groups -OCH3 is 1. The number of fused-ring (bicyclic) bond motifs is 1. The number of pyridine rings is 1. The van der Waals surface area contributed by atoms with Gasteiger partial charge < -0.3 is 4.74 Å². The Kier molecular flexibility index (Phi) is 8.38. The number of nitrogens with zero attached hydrogens (tertiary/aromatic N) is 1. The average Bonchev–Trinajstić information content (AvgIpc) is 2.89. The lowest BCUT2D eigenvalue weighted by Crippen LogP contribution is -2.13. The molecule has 190 valence electrons. The van der Waals surface area contributed by atoms with Crippen LogP contribution in [0.3, 0.4) is 0 Å². The summed E-state index contributed by atoms with van der Waals surface area (Å²) in [6.45, 7) is 0. The van der Waals surface area contributed by atoms with Crippen LogP contribution in [0.4, 0.5) is 0 Å². The molecule has 0 saturated carbocycles. The highest BCUT2D eigenvalue weighted by molar-refractivity contribution is 7.86. The smallest absolute Gasteiger partial charge is 0.338 e. The number of halogens is 1. The van der Waals surface area contributed by atoms with E-state index in [1.165, 1.54) is 7.11 Å². The van der Waals surface area contributed by atoms with Gasteiger partial charge in [0.1, 0.15) is 6.10 Å². The van der Waals surface area contributed by atoms with Crippen LogP contribution < -0.4 is 0 Å². The first-order chi connectivity index (χ1) is 17.7. The SMILES string of the molecule is COC(=O)c1ccccc1CCC(OS(C)(=O)=O)c1cccc(/C=C/c2ccc3ccc(Cl)cc3n2)c1. The van der Waals surface area contributed by atoms with Crippen LogP contribution in [-0.2, 0) is 25.5 Å². The molecular weight excluding hydrogens is 510 g/mol. The van der Waals surface area contributed by atoms with Crippen LogP contribution >= 0.6 is 11.6 Å². The summed E-state index contributed by atoms with van der Waals surface area (Å²) in [7, 11) is -2.40. The second kappa shape index (κ2) is 11.7. The lowest BCUT2D eigenvalue weighted by Gasteiger charge is -2.18. The average molecular weight is 536 g/mol. The van der Waals surface area contributed by atoms with Crippen molar-refractivity contribution in [2.24, 2.45) is 0 Å². The van der Waals surface area contributed by atoms with Crippen LogP contribution in [0, 0.1) is 0 Å². The number of hydrogen-bond donors (Lipinski definition) is 0. The van der Waals surface area contributed by atoms with Gasteiger partial charge in [-0.1, -0.05) is 66.2 Å². The maximum atomic E-state index is 12.1. The summed E-state index contributed by atoms with van der Waals surface area (Å²) >= 11 is 6.10. The number of benzene rings is 3. The fraction of sp³-hybridized carbons (Fsp3) is 0.172. The zero-order valence-corrected chi connectivity index (χ0v) is 22.0. The second-order valence-electron chi connectivity index (χ2n) is 8.55. The fourth-order valence-electron chi connectivity index (χ4n) is 4.06. The van der Waals surface area contributed by atoms with Crippen molar-refractivity contribution in [3.63, 3.8) is 0 Å². The van der Waals surface area contributed by atoms with Crippen molar-refractivity contribution in [2.75, 3.05) is 13.4 Å². The number of carbonyl (C=O) groups is 1. The van der Waals surface area contributed by atoms with Crippen molar-refractivity contribution < 1.29 is 22.1 Å². The number of hydrogen-bond acceptors (Lipinski definition) is 6. The summed E-state index contributed by atoms with van der Waals surface area (Å²) in [6.07, 6.45) is 4.88. The third kappa shape index (κ3) is 7.26. The third-order valence-electron chi connectivity index (χ3n) is 5.79. The quantitative estimate of drug-likeness (QED) is 0.180. The molecule has 0 fully saturated rings. The van der Waals surface area contributed by atoms with Gasteiger partial charge in [0.15, 0.2) is 0 Å². The molecular formula is C29H26ClNO5S. The first-order valence-corrected chi connectivity index (χ1v) is 13.8. The molecule has 0 saturated heterocycles. The molecule has 8 heteroatoms. The van der Waals surface area contributed by atoms with Crippen molar-refractivity contribution in [1.82, 2.24) is 4.98 Å². The molecule has 0 aliphatic heterocycles. The maximum Gasteiger partial charge on any atom is 0.338 e. The minimum absolute atomic E-state index is 0.348. The normalized spacial score (nSPS) is 12.6. The summed E-state index contributed by atoms with van der Waals surface area (Å²) in [6, 6.07) is 24.1. The largest absolute Gasteiger partial charge is 0.465 e.